The second-order valence-electron chi connectivity index (χ2n) is 6.72. The summed E-state index contributed by atoms with van der Waals surface area (Å²) in [6.45, 7) is 5.07. The number of nitrogens with one attached hydrogen (secondary N) is 1. The number of hydrogen-bond acceptors (Lipinski definition) is 6. The molecule has 3 amide bonds. The first kappa shape index (κ1) is 22.6. The molecule has 0 aliphatic rings. The number of thiazole rings is 1. The number of carbonyl (C=O) groups excluding carboxylic acids is 3. The molecule has 0 atom stereocenters. The predicted octanol–water partition coefficient (Wildman–Crippen LogP) is 2.92. The number of nitrogens with zero attached hydrogens (tertiary/aromatic N) is 2. The normalized spacial score (nSPS) is 10.7. The number of unbranched alkanes of at least 4 members (excludes halogenated alkanes) is 3. The molecule has 8 nitrogen and oxygen atoms in total. The number of benzene rings is 1. The van der Waals surface area contributed by atoms with Crippen LogP contribution >= 0.6 is 11.3 Å². The van der Waals surface area contributed by atoms with Gasteiger partial charge in [0.2, 0.25) is 5.91 Å². The summed E-state index contributed by atoms with van der Waals surface area (Å²) >= 11 is 1.40. The lowest BCUT2D eigenvalue weighted by molar-refractivity contribution is -0.144. The number of carbonyl (C=O) groups is 3. The van der Waals surface area contributed by atoms with Crippen LogP contribution in [0.25, 0.3) is 10.2 Å². The molecule has 9 heteroatoms. The number of fused-ring (bicyclic) bond motifs is 1. The zero-order valence-corrected chi connectivity index (χ0v) is 17.7. The van der Waals surface area contributed by atoms with Crippen molar-refractivity contribution in [2.75, 3.05) is 25.0 Å². The Bertz CT molecular complexity index is 852. The van der Waals surface area contributed by atoms with E-state index in [4.69, 9.17) is 10.5 Å². The molecule has 2 aromatic rings. The van der Waals surface area contributed by atoms with Crippen molar-refractivity contribution in [2.24, 2.45) is 5.73 Å². The van der Waals surface area contributed by atoms with Gasteiger partial charge in [0.15, 0.2) is 5.13 Å². The Morgan fingerprint density at radius 2 is 1.93 bits per heavy atom. The van der Waals surface area contributed by atoms with Crippen molar-refractivity contribution >= 4 is 44.4 Å². The number of para-hydroxylation sites is 1. The monoisotopic (exact) mass is 420 g/mol. The second kappa shape index (κ2) is 11.4. The van der Waals surface area contributed by atoms with Gasteiger partial charge in [0.05, 0.1) is 11.3 Å². The first-order valence-corrected chi connectivity index (χ1v) is 10.6. The van der Waals surface area contributed by atoms with Gasteiger partial charge >= 0.3 is 11.8 Å². The van der Waals surface area contributed by atoms with Crippen molar-refractivity contribution in [2.45, 2.75) is 46.0 Å². The summed E-state index contributed by atoms with van der Waals surface area (Å²) in [5.41, 5.74) is 5.86. The van der Waals surface area contributed by atoms with Gasteiger partial charge in [0, 0.05) is 20.0 Å². The highest BCUT2D eigenvalue weighted by Gasteiger charge is 2.17. The minimum Gasteiger partial charge on any atom is -0.491 e. The Morgan fingerprint density at radius 1 is 1.17 bits per heavy atom. The third kappa shape index (κ3) is 7.01. The molecule has 1 aromatic heterocycles. The molecule has 158 valence electrons. The Hall–Kier alpha value is -2.68. The first-order valence-electron chi connectivity index (χ1n) is 9.81. The van der Waals surface area contributed by atoms with E-state index >= 15 is 0 Å². The highest BCUT2D eigenvalue weighted by molar-refractivity contribution is 7.22. The summed E-state index contributed by atoms with van der Waals surface area (Å²) in [6.07, 6.45) is 4.24. The predicted molar refractivity (Wildman–Crippen MR) is 114 cm³/mol. The zero-order valence-electron chi connectivity index (χ0n) is 16.9. The number of anilines is 1. The van der Waals surface area contributed by atoms with Gasteiger partial charge < -0.3 is 20.7 Å². The Morgan fingerprint density at radius 3 is 2.62 bits per heavy atom. The minimum atomic E-state index is -0.903. The van der Waals surface area contributed by atoms with Crippen LogP contribution in [0.1, 0.15) is 46.0 Å². The summed E-state index contributed by atoms with van der Waals surface area (Å²) in [5.74, 6) is -0.988. The molecule has 2 rings (SSSR count). The fraction of sp³-hybridized carbons (Fsp3) is 0.500. The van der Waals surface area contributed by atoms with Gasteiger partial charge in [0.25, 0.3) is 0 Å². The van der Waals surface area contributed by atoms with Crippen LogP contribution < -0.4 is 15.8 Å². The smallest absolute Gasteiger partial charge is 0.311 e. The molecular weight excluding hydrogens is 392 g/mol. The average molecular weight is 421 g/mol. The third-order valence-electron chi connectivity index (χ3n) is 4.27. The summed E-state index contributed by atoms with van der Waals surface area (Å²) in [5, 5.41) is 3.25. The molecule has 0 fully saturated rings. The van der Waals surface area contributed by atoms with Crippen LogP contribution in [-0.2, 0) is 14.4 Å². The van der Waals surface area contributed by atoms with Gasteiger partial charge in [0.1, 0.15) is 11.3 Å². The maximum absolute atomic E-state index is 11.8. The number of primary amides is 1. The molecule has 0 saturated carbocycles. The quantitative estimate of drug-likeness (QED) is 0.428. The standard InChI is InChI=1S/C20H28N4O4S/c1-3-4-11-24(19(27)18(21)26)12-6-5-7-13-28-15-9-8-10-16-17(15)23-20(29-16)22-14(2)25/h8-10H,3-7,11-13H2,1-2H3,(H2,21,26)(H,22,23,25). The van der Waals surface area contributed by atoms with Gasteiger partial charge in [-0.15, -0.1) is 0 Å². The third-order valence-corrected chi connectivity index (χ3v) is 5.21. The molecule has 3 N–H and O–H groups in total. The van der Waals surface area contributed by atoms with Gasteiger partial charge in [-0.1, -0.05) is 30.7 Å². The van der Waals surface area contributed by atoms with Crippen LogP contribution in [0.4, 0.5) is 5.13 Å². The van der Waals surface area contributed by atoms with E-state index in [2.05, 4.69) is 10.3 Å². The summed E-state index contributed by atoms with van der Waals surface area (Å²) in [7, 11) is 0. The van der Waals surface area contributed by atoms with E-state index in [1.165, 1.54) is 23.2 Å². The SMILES string of the molecule is CCCCN(CCCCCOc1cccc2sc(NC(C)=O)nc12)C(=O)C(N)=O. The average Bonchev–Trinajstić information content (AvgIpc) is 3.08. The fourth-order valence-corrected chi connectivity index (χ4v) is 3.76. The van der Waals surface area contributed by atoms with E-state index in [1.54, 1.807) is 0 Å². The highest BCUT2D eigenvalue weighted by Crippen LogP contribution is 2.32. The molecule has 0 aliphatic carbocycles. The molecule has 0 radical (unpaired) electrons. The van der Waals surface area contributed by atoms with E-state index in [0.29, 0.717) is 30.6 Å². The second-order valence-corrected chi connectivity index (χ2v) is 7.75. The lowest BCUT2D eigenvalue weighted by Crippen LogP contribution is -2.41. The molecule has 0 spiro atoms. The summed E-state index contributed by atoms with van der Waals surface area (Å²) < 4.78 is 6.82. The van der Waals surface area contributed by atoms with Crippen LogP contribution in [0.15, 0.2) is 18.2 Å². The number of nitrogens with two attached hydrogens (primary N) is 1. The Labute approximate surface area is 174 Å². The summed E-state index contributed by atoms with van der Waals surface area (Å²) in [6, 6.07) is 5.69. The molecular formula is C20H28N4O4S. The topological polar surface area (TPSA) is 115 Å². The van der Waals surface area contributed by atoms with E-state index in [-0.39, 0.29) is 5.91 Å². The minimum absolute atomic E-state index is 0.158. The molecule has 0 unspecified atom stereocenters. The van der Waals surface area contributed by atoms with Crippen molar-refractivity contribution in [1.29, 1.82) is 0 Å². The summed E-state index contributed by atoms with van der Waals surface area (Å²) in [4.78, 5) is 40.2. The zero-order chi connectivity index (χ0) is 21.2. The van der Waals surface area contributed by atoms with Gasteiger partial charge in [-0.25, -0.2) is 4.98 Å². The number of aromatic nitrogens is 1. The van der Waals surface area contributed by atoms with Crippen LogP contribution in [0.3, 0.4) is 0 Å². The van der Waals surface area contributed by atoms with Crippen molar-refractivity contribution in [3.8, 4) is 5.75 Å². The molecule has 29 heavy (non-hydrogen) atoms. The van der Waals surface area contributed by atoms with E-state index in [9.17, 15) is 14.4 Å². The van der Waals surface area contributed by atoms with E-state index in [0.717, 1.165) is 42.3 Å². The first-order chi connectivity index (χ1) is 13.9. The van der Waals surface area contributed by atoms with Crippen molar-refractivity contribution in [1.82, 2.24) is 9.88 Å². The molecule has 0 saturated heterocycles. The van der Waals surface area contributed by atoms with Crippen molar-refractivity contribution < 1.29 is 19.1 Å². The number of ether oxygens (including phenoxy) is 1. The number of hydrogen-bond donors (Lipinski definition) is 2. The number of rotatable bonds is 11. The number of amides is 3. The van der Waals surface area contributed by atoms with Gasteiger partial charge in [-0.3, -0.25) is 14.4 Å². The van der Waals surface area contributed by atoms with Crippen LogP contribution in [0.5, 0.6) is 5.75 Å². The maximum atomic E-state index is 11.8. The largest absolute Gasteiger partial charge is 0.491 e. The van der Waals surface area contributed by atoms with Gasteiger partial charge in [-0.2, -0.15) is 0 Å². The van der Waals surface area contributed by atoms with E-state index < -0.39 is 11.8 Å². The lowest BCUT2D eigenvalue weighted by Gasteiger charge is -2.20. The molecule has 1 aromatic carbocycles. The highest BCUT2D eigenvalue weighted by atomic mass is 32.1. The van der Waals surface area contributed by atoms with Crippen molar-refractivity contribution in [3.63, 3.8) is 0 Å². The maximum Gasteiger partial charge on any atom is 0.311 e. The van der Waals surface area contributed by atoms with E-state index in [1.807, 2.05) is 25.1 Å². The van der Waals surface area contributed by atoms with Crippen LogP contribution in [-0.4, -0.2) is 47.3 Å². The Kier molecular flexibility index (Phi) is 8.85. The fourth-order valence-electron chi connectivity index (χ4n) is 2.83. The van der Waals surface area contributed by atoms with Gasteiger partial charge in [-0.05, 0) is 37.8 Å². The molecule has 0 bridgehead atoms. The van der Waals surface area contributed by atoms with Crippen LogP contribution in [0.2, 0.25) is 0 Å². The molecule has 1 heterocycles. The van der Waals surface area contributed by atoms with Crippen LogP contribution in [0, 0.1) is 0 Å². The van der Waals surface area contributed by atoms with Crippen molar-refractivity contribution in [3.05, 3.63) is 18.2 Å². The lowest BCUT2D eigenvalue weighted by atomic mass is 10.2. The Balaban J connectivity index is 1.80. The molecule has 0 aliphatic heterocycles.